The molecule has 1 rings (SSSR count). The van der Waals surface area contributed by atoms with E-state index in [1.54, 1.807) is 14.2 Å². The van der Waals surface area contributed by atoms with Gasteiger partial charge >= 0.3 is 0 Å². The van der Waals surface area contributed by atoms with Crippen molar-refractivity contribution in [1.29, 1.82) is 0 Å². The Morgan fingerprint density at radius 3 is 2.50 bits per heavy atom. The molecular formula is C15H27N3O2. The van der Waals surface area contributed by atoms with Gasteiger partial charge in [0.2, 0.25) is 0 Å². The molecule has 0 aliphatic carbocycles. The van der Waals surface area contributed by atoms with E-state index in [0.717, 1.165) is 48.7 Å². The Morgan fingerprint density at radius 2 is 1.95 bits per heavy atom. The van der Waals surface area contributed by atoms with Gasteiger partial charge in [-0.25, -0.2) is 0 Å². The van der Waals surface area contributed by atoms with Gasteiger partial charge in [0.15, 0.2) is 11.5 Å². The first-order valence-electron chi connectivity index (χ1n) is 6.91. The highest BCUT2D eigenvalue weighted by Crippen LogP contribution is 2.32. The smallest absolute Gasteiger partial charge is 0.165 e. The molecule has 5 heteroatoms. The van der Waals surface area contributed by atoms with Gasteiger partial charge < -0.3 is 25.4 Å². The van der Waals surface area contributed by atoms with Crippen molar-refractivity contribution in [2.75, 3.05) is 41.4 Å². The van der Waals surface area contributed by atoms with E-state index in [1.807, 2.05) is 6.07 Å². The number of ether oxygens (including phenoxy) is 2. The molecule has 114 valence electrons. The molecule has 1 aromatic carbocycles. The molecule has 0 spiro atoms. The summed E-state index contributed by atoms with van der Waals surface area (Å²) in [5, 5.41) is 3.43. The molecule has 0 aliphatic heterocycles. The fraction of sp³-hybridized carbons (Fsp3) is 0.600. The Hall–Kier alpha value is -1.30. The number of hydrogen-bond acceptors (Lipinski definition) is 5. The van der Waals surface area contributed by atoms with Gasteiger partial charge in [-0.15, -0.1) is 0 Å². The van der Waals surface area contributed by atoms with Crippen LogP contribution in [-0.4, -0.2) is 46.3 Å². The third-order valence-electron chi connectivity index (χ3n) is 3.13. The lowest BCUT2D eigenvalue weighted by Crippen LogP contribution is -2.21. The molecule has 20 heavy (non-hydrogen) atoms. The second-order valence-corrected chi connectivity index (χ2v) is 5.03. The lowest BCUT2D eigenvalue weighted by Gasteiger charge is -2.15. The predicted octanol–water partition coefficient (Wildman–Crippen LogP) is 1.20. The van der Waals surface area contributed by atoms with Crippen molar-refractivity contribution >= 4 is 0 Å². The molecule has 0 fully saturated rings. The average molecular weight is 281 g/mol. The summed E-state index contributed by atoms with van der Waals surface area (Å²) in [6, 6.07) is 3.99. The van der Waals surface area contributed by atoms with Crippen molar-refractivity contribution in [3.8, 4) is 11.5 Å². The molecule has 0 bridgehead atoms. The van der Waals surface area contributed by atoms with Crippen LogP contribution in [0.15, 0.2) is 12.1 Å². The fourth-order valence-corrected chi connectivity index (χ4v) is 2.10. The van der Waals surface area contributed by atoms with Crippen LogP contribution in [0.2, 0.25) is 0 Å². The van der Waals surface area contributed by atoms with Gasteiger partial charge in [-0.2, -0.15) is 0 Å². The highest BCUT2D eigenvalue weighted by Gasteiger charge is 2.11. The van der Waals surface area contributed by atoms with Crippen LogP contribution >= 0.6 is 0 Å². The molecular weight excluding hydrogens is 254 g/mol. The normalized spacial score (nSPS) is 10.9. The van der Waals surface area contributed by atoms with Crippen LogP contribution < -0.4 is 20.5 Å². The first kappa shape index (κ1) is 16.8. The minimum atomic E-state index is 0.494. The lowest BCUT2D eigenvalue weighted by molar-refractivity contribution is 0.349. The molecule has 0 amide bonds. The maximum atomic E-state index is 5.72. The summed E-state index contributed by atoms with van der Waals surface area (Å²) in [7, 11) is 7.47. The average Bonchev–Trinajstić information content (AvgIpc) is 2.45. The Morgan fingerprint density at radius 1 is 1.20 bits per heavy atom. The second-order valence-electron chi connectivity index (χ2n) is 5.03. The van der Waals surface area contributed by atoms with E-state index in [-0.39, 0.29) is 0 Å². The summed E-state index contributed by atoms with van der Waals surface area (Å²) in [5.74, 6) is 1.52. The molecule has 3 N–H and O–H groups in total. The van der Waals surface area contributed by atoms with Gasteiger partial charge in [0.1, 0.15) is 0 Å². The standard InChI is InChI=1S/C15H27N3O2/c1-18(2)7-5-6-17-11-13-8-12(10-16)9-14(19-3)15(13)20-4/h8-9,17H,5-7,10-11,16H2,1-4H3. The second kappa shape index (κ2) is 8.79. The third-order valence-corrected chi connectivity index (χ3v) is 3.13. The number of nitrogens with two attached hydrogens (primary N) is 1. The van der Waals surface area contributed by atoms with Gasteiger partial charge in [-0.05, 0) is 51.3 Å². The van der Waals surface area contributed by atoms with Gasteiger partial charge in [-0.3, -0.25) is 0 Å². The van der Waals surface area contributed by atoms with E-state index in [4.69, 9.17) is 15.2 Å². The summed E-state index contributed by atoms with van der Waals surface area (Å²) in [5.41, 5.74) is 7.85. The maximum absolute atomic E-state index is 5.72. The molecule has 0 atom stereocenters. The first-order valence-corrected chi connectivity index (χ1v) is 6.91. The van der Waals surface area contributed by atoms with Gasteiger partial charge in [-0.1, -0.05) is 0 Å². The van der Waals surface area contributed by atoms with E-state index >= 15 is 0 Å². The number of nitrogens with zero attached hydrogens (tertiary/aromatic N) is 1. The number of hydrogen-bond donors (Lipinski definition) is 2. The molecule has 0 saturated carbocycles. The monoisotopic (exact) mass is 281 g/mol. The zero-order chi connectivity index (χ0) is 15.0. The minimum Gasteiger partial charge on any atom is -0.493 e. The molecule has 5 nitrogen and oxygen atoms in total. The summed E-state index contributed by atoms with van der Waals surface area (Å²) in [6.45, 7) is 3.29. The van der Waals surface area contributed by atoms with E-state index in [1.165, 1.54) is 0 Å². The van der Waals surface area contributed by atoms with Crippen LogP contribution in [0.3, 0.4) is 0 Å². The Kier molecular flexibility index (Phi) is 7.36. The first-order chi connectivity index (χ1) is 9.62. The molecule has 0 heterocycles. The van der Waals surface area contributed by atoms with Gasteiger partial charge in [0.25, 0.3) is 0 Å². The summed E-state index contributed by atoms with van der Waals surface area (Å²) < 4.78 is 10.8. The van der Waals surface area contributed by atoms with Crippen molar-refractivity contribution in [3.63, 3.8) is 0 Å². The maximum Gasteiger partial charge on any atom is 0.165 e. The fourth-order valence-electron chi connectivity index (χ4n) is 2.10. The number of nitrogens with one attached hydrogen (secondary N) is 1. The Bertz CT molecular complexity index is 408. The predicted molar refractivity (Wildman–Crippen MR) is 82.3 cm³/mol. The number of rotatable bonds is 9. The largest absolute Gasteiger partial charge is 0.493 e. The van der Waals surface area contributed by atoms with E-state index in [0.29, 0.717) is 6.54 Å². The molecule has 0 aliphatic rings. The number of benzene rings is 1. The SMILES string of the molecule is COc1cc(CN)cc(CNCCCN(C)C)c1OC. The lowest BCUT2D eigenvalue weighted by atomic mass is 10.1. The zero-order valence-corrected chi connectivity index (χ0v) is 13.0. The summed E-state index contributed by atoms with van der Waals surface area (Å²) >= 11 is 0. The van der Waals surface area contributed by atoms with Gasteiger partial charge in [0.05, 0.1) is 14.2 Å². The van der Waals surface area contributed by atoms with Crippen molar-refractivity contribution in [2.45, 2.75) is 19.5 Å². The topological polar surface area (TPSA) is 59.8 Å². The zero-order valence-electron chi connectivity index (χ0n) is 13.0. The van der Waals surface area contributed by atoms with Crippen LogP contribution in [-0.2, 0) is 13.1 Å². The molecule has 1 aromatic rings. The van der Waals surface area contributed by atoms with Crippen LogP contribution in [0.1, 0.15) is 17.5 Å². The third kappa shape index (κ3) is 5.00. The summed E-state index contributed by atoms with van der Waals surface area (Å²) in [6.07, 6.45) is 1.11. The highest BCUT2D eigenvalue weighted by molar-refractivity contribution is 5.49. The van der Waals surface area contributed by atoms with Crippen LogP contribution in [0, 0.1) is 0 Å². The van der Waals surface area contributed by atoms with Gasteiger partial charge in [0, 0.05) is 18.7 Å². The number of methoxy groups -OCH3 is 2. The van der Waals surface area contributed by atoms with Crippen LogP contribution in [0.5, 0.6) is 11.5 Å². The van der Waals surface area contributed by atoms with Crippen LogP contribution in [0.25, 0.3) is 0 Å². The quantitative estimate of drug-likeness (QED) is 0.666. The van der Waals surface area contributed by atoms with Crippen molar-refractivity contribution in [3.05, 3.63) is 23.3 Å². The molecule has 0 aromatic heterocycles. The Balaban J connectivity index is 2.67. The minimum absolute atomic E-state index is 0.494. The van der Waals surface area contributed by atoms with Crippen molar-refractivity contribution in [2.24, 2.45) is 5.73 Å². The van der Waals surface area contributed by atoms with Crippen molar-refractivity contribution in [1.82, 2.24) is 10.2 Å². The van der Waals surface area contributed by atoms with E-state index in [2.05, 4.69) is 30.4 Å². The molecule has 0 radical (unpaired) electrons. The van der Waals surface area contributed by atoms with E-state index in [9.17, 15) is 0 Å². The highest BCUT2D eigenvalue weighted by atomic mass is 16.5. The molecule has 0 unspecified atom stereocenters. The molecule has 0 saturated heterocycles. The van der Waals surface area contributed by atoms with Crippen molar-refractivity contribution < 1.29 is 9.47 Å². The Labute approximate surface area is 122 Å². The summed E-state index contributed by atoms with van der Waals surface area (Å²) in [4.78, 5) is 2.18. The van der Waals surface area contributed by atoms with Crippen LogP contribution in [0.4, 0.5) is 0 Å². The van der Waals surface area contributed by atoms with E-state index < -0.39 is 0 Å².